The molecule has 0 aliphatic carbocycles. The van der Waals surface area contributed by atoms with Crippen molar-refractivity contribution in [3.63, 3.8) is 0 Å². The van der Waals surface area contributed by atoms with Crippen molar-refractivity contribution in [1.82, 2.24) is 0 Å². The molecule has 0 saturated heterocycles. The van der Waals surface area contributed by atoms with Crippen LogP contribution in [0, 0.1) is 0 Å². The molecule has 0 aliphatic heterocycles. The second-order valence-electron chi connectivity index (χ2n) is 2.22. The topological polar surface area (TPSA) is 78.9 Å². The van der Waals surface area contributed by atoms with Crippen LogP contribution in [0.2, 0.25) is 0 Å². The van der Waals surface area contributed by atoms with E-state index in [9.17, 15) is 14.2 Å². The third-order valence-electron chi connectivity index (χ3n) is 1.25. The highest BCUT2D eigenvalue weighted by Gasteiger charge is 2.44. The lowest BCUT2D eigenvalue weighted by atomic mass is 10.6. The molecule has 0 aromatic carbocycles. The van der Waals surface area contributed by atoms with E-state index < -0.39 is 25.8 Å². The van der Waals surface area contributed by atoms with E-state index in [1.165, 1.54) is 0 Å². The van der Waals surface area contributed by atoms with Crippen molar-refractivity contribution >= 4 is 20.0 Å². The Labute approximate surface area is 88.1 Å². The van der Waals surface area contributed by atoms with Gasteiger partial charge in [0.15, 0.2) is 0 Å². The normalized spacial score (nSPS) is 12.5. The molecule has 0 N–H and O–H groups in total. The lowest BCUT2D eigenvalue weighted by Crippen LogP contribution is -2.25. The van der Waals surface area contributed by atoms with Crippen LogP contribution in [0.3, 0.4) is 0 Å². The minimum atomic E-state index is -2.44. The molecular weight excluding hydrogens is 223 g/mol. The summed E-state index contributed by atoms with van der Waals surface area (Å²) < 4.78 is 24.8. The Morgan fingerprint density at radius 3 is 2.53 bits per heavy atom. The SMILES string of the molecule is C=CC(=O)OC(C(=O)OC)[P+](=O)OCC. The molecule has 2 atom stereocenters. The molecule has 15 heavy (non-hydrogen) atoms. The Kier molecular flexibility index (Phi) is 6.49. The van der Waals surface area contributed by atoms with Crippen molar-refractivity contribution < 1.29 is 28.2 Å². The molecule has 0 saturated carbocycles. The third kappa shape index (κ3) is 4.67. The Morgan fingerprint density at radius 1 is 1.53 bits per heavy atom. The van der Waals surface area contributed by atoms with Gasteiger partial charge < -0.3 is 9.47 Å². The van der Waals surface area contributed by atoms with Crippen LogP contribution in [0.15, 0.2) is 12.7 Å². The lowest BCUT2D eigenvalue weighted by molar-refractivity contribution is -0.157. The highest BCUT2D eigenvalue weighted by Crippen LogP contribution is 2.31. The Balaban J connectivity index is 4.57. The molecule has 7 heteroatoms. The standard InChI is InChI=1S/C8H12O6P/c1-4-6(9)14-8(7(10)12-3)15(11)13-5-2/h4,8H,1,5H2,2-3H3/q+1. The average molecular weight is 235 g/mol. The molecule has 0 fully saturated rings. The third-order valence-corrected chi connectivity index (χ3v) is 2.46. The molecule has 0 bridgehead atoms. The van der Waals surface area contributed by atoms with Crippen molar-refractivity contribution in [2.75, 3.05) is 13.7 Å². The average Bonchev–Trinajstić information content (AvgIpc) is 2.24. The van der Waals surface area contributed by atoms with Crippen LogP contribution in [0.5, 0.6) is 0 Å². The first-order valence-electron chi connectivity index (χ1n) is 4.07. The van der Waals surface area contributed by atoms with E-state index in [-0.39, 0.29) is 6.61 Å². The molecule has 2 unspecified atom stereocenters. The summed E-state index contributed by atoms with van der Waals surface area (Å²) >= 11 is 0. The first-order chi connectivity index (χ1) is 7.06. The van der Waals surface area contributed by atoms with Crippen LogP contribution in [-0.4, -0.2) is 31.5 Å². The maximum atomic E-state index is 11.3. The fourth-order valence-corrected chi connectivity index (χ4v) is 1.49. The van der Waals surface area contributed by atoms with Crippen LogP contribution in [-0.2, 0) is 28.2 Å². The Morgan fingerprint density at radius 2 is 2.13 bits per heavy atom. The Bertz CT molecular complexity index is 274. The van der Waals surface area contributed by atoms with Gasteiger partial charge in [0.1, 0.15) is 0 Å². The van der Waals surface area contributed by atoms with Crippen molar-refractivity contribution in [3.05, 3.63) is 12.7 Å². The van der Waals surface area contributed by atoms with E-state index in [4.69, 9.17) is 0 Å². The predicted molar refractivity (Wildman–Crippen MR) is 51.3 cm³/mol. The molecular formula is C8H12O6P+. The summed E-state index contributed by atoms with van der Waals surface area (Å²) in [7, 11) is -1.35. The van der Waals surface area contributed by atoms with Crippen molar-refractivity contribution in [3.8, 4) is 0 Å². The van der Waals surface area contributed by atoms with Gasteiger partial charge in [-0.25, -0.2) is 9.59 Å². The molecule has 0 radical (unpaired) electrons. The number of hydrogen-bond acceptors (Lipinski definition) is 6. The zero-order valence-corrected chi connectivity index (χ0v) is 9.36. The van der Waals surface area contributed by atoms with Gasteiger partial charge in [0.05, 0.1) is 13.7 Å². The molecule has 0 aliphatic rings. The van der Waals surface area contributed by atoms with Gasteiger partial charge in [0.25, 0.3) is 0 Å². The highest BCUT2D eigenvalue weighted by molar-refractivity contribution is 7.41. The number of ether oxygens (including phenoxy) is 2. The summed E-state index contributed by atoms with van der Waals surface area (Å²) in [5.41, 5.74) is 0. The minimum Gasteiger partial charge on any atom is -0.463 e. The number of methoxy groups -OCH3 is 1. The fourth-order valence-electron chi connectivity index (χ4n) is 0.631. The zero-order valence-electron chi connectivity index (χ0n) is 8.47. The van der Waals surface area contributed by atoms with Gasteiger partial charge in [-0.3, -0.25) is 0 Å². The molecule has 0 spiro atoms. The number of esters is 2. The smallest absolute Gasteiger partial charge is 0.463 e. The number of hydrogen-bond donors (Lipinski definition) is 0. The molecule has 0 rings (SSSR count). The molecule has 0 aromatic rings. The second-order valence-corrected chi connectivity index (χ2v) is 3.52. The van der Waals surface area contributed by atoms with Crippen LogP contribution < -0.4 is 0 Å². The van der Waals surface area contributed by atoms with Gasteiger partial charge in [-0.15, -0.1) is 4.52 Å². The monoisotopic (exact) mass is 235 g/mol. The summed E-state index contributed by atoms with van der Waals surface area (Å²) in [6.07, 6.45) is 0.852. The summed E-state index contributed by atoms with van der Waals surface area (Å²) in [4.78, 5) is 21.9. The van der Waals surface area contributed by atoms with Crippen LogP contribution in [0.4, 0.5) is 0 Å². The molecule has 0 heterocycles. The fraction of sp³-hybridized carbons (Fsp3) is 0.500. The molecule has 84 valence electrons. The van der Waals surface area contributed by atoms with Crippen molar-refractivity contribution in [2.24, 2.45) is 0 Å². The molecule has 0 amide bonds. The summed E-state index contributed by atoms with van der Waals surface area (Å²) in [6, 6.07) is 0. The summed E-state index contributed by atoms with van der Waals surface area (Å²) in [5.74, 6) is -3.34. The van der Waals surface area contributed by atoms with Crippen LogP contribution >= 0.6 is 8.03 Å². The number of carbonyl (C=O) groups is 2. The summed E-state index contributed by atoms with van der Waals surface area (Å²) in [6.45, 7) is 4.87. The highest BCUT2D eigenvalue weighted by atomic mass is 31.1. The van der Waals surface area contributed by atoms with Gasteiger partial charge in [-0.2, -0.15) is 0 Å². The van der Waals surface area contributed by atoms with Gasteiger partial charge in [0.2, 0.25) is 0 Å². The van der Waals surface area contributed by atoms with E-state index in [2.05, 4.69) is 20.6 Å². The van der Waals surface area contributed by atoms with Crippen LogP contribution in [0.1, 0.15) is 6.92 Å². The maximum absolute atomic E-state index is 11.3. The van der Waals surface area contributed by atoms with E-state index in [0.29, 0.717) is 0 Å². The first kappa shape index (κ1) is 13.7. The Hall–Kier alpha value is -1.26. The van der Waals surface area contributed by atoms with Crippen molar-refractivity contribution in [2.45, 2.75) is 12.8 Å². The minimum absolute atomic E-state index is 0.133. The lowest BCUT2D eigenvalue weighted by Gasteiger charge is -2.03. The van der Waals surface area contributed by atoms with Gasteiger partial charge in [-0.05, 0) is 11.5 Å². The molecule has 0 aromatic heterocycles. The predicted octanol–water partition coefficient (Wildman–Crippen LogP) is 0.994. The number of rotatable bonds is 6. The van der Waals surface area contributed by atoms with Gasteiger partial charge in [0, 0.05) is 6.08 Å². The maximum Gasteiger partial charge on any atom is 0.566 e. The largest absolute Gasteiger partial charge is 0.566 e. The van der Waals surface area contributed by atoms with Gasteiger partial charge in [-0.1, -0.05) is 6.58 Å². The summed E-state index contributed by atoms with van der Waals surface area (Å²) in [5, 5.41) is 0. The van der Waals surface area contributed by atoms with Gasteiger partial charge >= 0.3 is 25.8 Å². The van der Waals surface area contributed by atoms with Crippen molar-refractivity contribution in [1.29, 1.82) is 0 Å². The second kappa shape index (κ2) is 7.09. The first-order valence-corrected chi connectivity index (χ1v) is 5.31. The van der Waals surface area contributed by atoms with E-state index in [1.54, 1.807) is 6.92 Å². The van der Waals surface area contributed by atoms with E-state index >= 15 is 0 Å². The quantitative estimate of drug-likeness (QED) is 0.388. The van der Waals surface area contributed by atoms with E-state index in [0.717, 1.165) is 13.2 Å². The number of carbonyl (C=O) groups excluding carboxylic acids is 2. The van der Waals surface area contributed by atoms with Crippen LogP contribution in [0.25, 0.3) is 0 Å². The van der Waals surface area contributed by atoms with E-state index in [1.807, 2.05) is 0 Å². The molecule has 6 nitrogen and oxygen atoms in total. The zero-order chi connectivity index (χ0) is 11.8.